The Morgan fingerprint density at radius 1 is 1.13 bits per heavy atom. The lowest BCUT2D eigenvalue weighted by atomic mass is 10.0. The summed E-state index contributed by atoms with van der Waals surface area (Å²) in [6.45, 7) is 12.5. The molecule has 2 aromatic carbocycles. The largest absolute Gasteiger partial charge is 0.473 e. The van der Waals surface area contributed by atoms with Gasteiger partial charge in [-0.1, -0.05) is 50.3 Å². The van der Waals surface area contributed by atoms with Crippen molar-refractivity contribution in [1.82, 2.24) is 20.1 Å². The Morgan fingerprint density at radius 3 is 2.62 bits per heavy atom. The van der Waals surface area contributed by atoms with E-state index in [1.54, 1.807) is 19.1 Å². The van der Waals surface area contributed by atoms with Crippen molar-refractivity contribution in [2.24, 2.45) is 0 Å². The number of aromatic amines is 1. The molecule has 0 aliphatic carbocycles. The molecule has 2 aliphatic heterocycles. The topological polar surface area (TPSA) is 60.6 Å². The van der Waals surface area contributed by atoms with Crippen molar-refractivity contribution in [1.29, 1.82) is 0 Å². The van der Waals surface area contributed by atoms with Gasteiger partial charge in [-0.25, -0.2) is 0 Å². The first-order valence-corrected chi connectivity index (χ1v) is 16.2. The number of hydrogen-bond acceptors (Lipinski definition) is 4. The molecule has 1 saturated heterocycles. The van der Waals surface area contributed by atoms with Crippen LogP contribution in [0.4, 0.5) is 8.78 Å². The molecular formula is C37H46F2N4O2. The lowest BCUT2D eigenvalue weighted by Gasteiger charge is -2.33. The minimum absolute atomic E-state index is 0.00122. The molecule has 3 heterocycles. The molecule has 0 unspecified atom stereocenters. The van der Waals surface area contributed by atoms with Crippen LogP contribution in [0.5, 0.6) is 0 Å². The van der Waals surface area contributed by atoms with Gasteiger partial charge in [-0.3, -0.25) is 14.6 Å². The number of aromatic nitrogens is 1. The van der Waals surface area contributed by atoms with Crippen LogP contribution in [0.3, 0.4) is 0 Å². The van der Waals surface area contributed by atoms with E-state index in [0.29, 0.717) is 12.1 Å². The highest BCUT2D eigenvalue weighted by Gasteiger charge is 2.28. The van der Waals surface area contributed by atoms with Crippen molar-refractivity contribution in [2.45, 2.75) is 77.4 Å². The van der Waals surface area contributed by atoms with Crippen LogP contribution in [-0.4, -0.2) is 52.9 Å². The number of piperidine rings is 1. The van der Waals surface area contributed by atoms with Gasteiger partial charge < -0.3 is 15.0 Å². The Hall–Kier alpha value is -3.75. The average molecular weight is 617 g/mol. The molecular weight excluding hydrogens is 570 g/mol. The second-order valence-corrected chi connectivity index (χ2v) is 12.3. The number of hydrogen-bond donors (Lipinski definition) is 2. The fraction of sp³-hybridized carbons (Fsp3) is 0.432. The fourth-order valence-corrected chi connectivity index (χ4v) is 6.46. The number of unbranched alkanes of at least 4 members (excludes halogenated alkanes) is 1. The number of halogens is 2. The SMILES string of the molecule is C=COC=C(CCCC)CN1CCC(NC(=O)c2ccc3[nH]c4c(c3c2)CN(Cc2ccc(C(F)(F)C=CC)cc2)CC4)CC1. The number of benzene rings is 2. The van der Waals surface area contributed by atoms with E-state index in [0.717, 1.165) is 93.8 Å². The highest BCUT2D eigenvalue weighted by Crippen LogP contribution is 2.32. The molecule has 45 heavy (non-hydrogen) atoms. The second-order valence-electron chi connectivity index (χ2n) is 12.3. The normalized spacial score (nSPS) is 17.1. The Bertz CT molecular complexity index is 1520. The first kappa shape index (κ1) is 32.6. The van der Waals surface area contributed by atoms with Crippen LogP contribution in [0.2, 0.25) is 0 Å². The number of rotatable bonds is 13. The molecule has 0 saturated carbocycles. The summed E-state index contributed by atoms with van der Waals surface area (Å²) >= 11 is 0. The van der Waals surface area contributed by atoms with Crippen molar-refractivity contribution in [3.63, 3.8) is 0 Å². The van der Waals surface area contributed by atoms with Crippen LogP contribution in [0, 0.1) is 0 Å². The van der Waals surface area contributed by atoms with Crippen molar-refractivity contribution in [3.8, 4) is 0 Å². The Morgan fingerprint density at radius 2 is 1.91 bits per heavy atom. The van der Waals surface area contributed by atoms with Gasteiger partial charge >= 0.3 is 0 Å². The summed E-state index contributed by atoms with van der Waals surface area (Å²) < 4.78 is 33.8. The molecule has 8 heteroatoms. The quantitative estimate of drug-likeness (QED) is 0.152. The van der Waals surface area contributed by atoms with Crippen molar-refractivity contribution in [3.05, 3.63) is 107 Å². The van der Waals surface area contributed by atoms with Gasteiger partial charge in [-0.05, 0) is 73.6 Å². The molecule has 0 radical (unpaired) electrons. The predicted octanol–water partition coefficient (Wildman–Crippen LogP) is 7.82. The number of allylic oxidation sites excluding steroid dienone is 2. The van der Waals surface area contributed by atoms with Gasteiger partial charge in [0.2, 0.25) is 0 Å². The van der Waals surface area contributed by atoms with E-state index in [4.69, 9.17) is 4.74 Å². The highest BCUT2D eigenvalue weighted by molar-refractivity contribution is 5.99. The lowest BCUT2D eigenvalue weighted by molar-refractivity contribution is 0.0519. The van der Waals surface area contributed by atoms with Gasteiger partial charge in [0.05, 0.1) is 12.5 Å². The van der Waals surface area contributed by atoms with Crippen molar-refractivity contribution >= 4 is 16.8 Å². The van der Waals surface area contributed by atoms with Gasteiger partial charge in [0, 0.05) is 79.5 Å². The number of alkyl halides is 2. The summed E-state index contributed by atoms with van der Waals surface area (Å²) in [5.74, 6) is -2.99. The van der Waals surface area contributed by atoms with E-state index in [-0.39, 0.29) is 17.5 Å². The third-order valence-corrected chi connectivity index (χ3v) is 8.97. The number of nitrogens with one attached hydrogen (secondary N) is 2. The van der Waals surface area contributed by atoms with Crippen molar-refractivity contribution < 1.29 is 18.3 Å². The number of carbonyl (C=O) groups excluding carboxylic acids is 1. The zero-order chi connectivity index (χ0) is 31.8. The molecule has 1 fully saturated rings. The molecule has 3 aromatic rings. The second kappa shape index (κ2) is 15.0. The van der Waals surface area contributed by atoms with E-state index in [1.165, 1.54) is 41.3 Å². The number of carbonyl (C=O) groups is 1. The van der Waals surface area contributed by atoms with Gasteiger partial charge in [0.25, 0.3) is 11.8 Å². The molecule has 1 aromatic heterocycles. The average Bonchev–Trinajstić information content (AvgIpc) is 3.40. The summed E-state index contributed by atoms with van der Waals surface area (Å²) in [6, 6.07) is 12.7. The Balaban J connectivity index is 1.18. The number of likely N-dealkylation sites (tertiary alicyclic amines) is 1. The smallest absolute Gasteiger partial charge is 0.291 e. The van der Waals surface area contributed by atoms with Gasteiger partial charge in [0.1, 0.15) is 0 Å². The number of ether oxygens (including phenoxy) is 1. The fourth-order valence-electron chi connectivity index (χ4n) is 6.46. The summed E-state index contributed by atoms with van der Waals surface area (Å²) in [4.78, 5) is 21.7. The highest BCUT2D eigenvalue weighted by atomic mass is 19.3. The third kappa shape index (κ3) is 8.30. The first-order chi connectivity index (χ1) is 21.8. The van der Waals surface area contributed by atoms with E-state index in [2.05, 4.69) is 33.6 Å². The minimum Gasteiger partial charge on any atom is -0.473 e. The zero-order valence-corrected chi connectivity index (χ0v) is 26.6. The standard InChI is InChI=1S/C37H46F2N4O2/c1-4-7-8-28(26-45-6-3)24-42-19-15-31(16-20-42)40-36(44)29-11-14-34-32(22-29)33-25-43(21-17-35(33)41-34)23-27-9-12-30(13-10-27)37(38,39)18-5-2/h5-6,9-14,18,22,26,31,41H,3-4,7-8,15-17,19-21,23-25H2,1-2H3,(H,40,44). The van der Waals surface area contributed by atoms with Crippen LogP contribution in [0.25, 0.3) is 10.9 Å². The van der Waals surface area contributed by atoms with E-state index in [1.807, 2.05) is 24.5 Å². The van der Waals surface area contributed by atoms with Crippen LogP contribution < -0.4 is 5.32 Å². The van der Waals surface area contributed by atoms with E-state index < -0.39 is 5.92 Å². The summed E-state index contributed by atoms with van der Waals surface area (Å²) in [6.07, 6.45) is 11.6. The monoisotopic (exact) mass is 616 g/mol. The molecule has 240 valence electrons. The first-order valence-electron chi connectivity index (χ1n) is 16.2. The van der Waals surface area contributed by atoms with Crippen LogP contribution in [-0.2, 0) is 30.2 Å². The van der Waals surface area contributed by atoms with Crippen LogP contribution in [0.15, 0.2) is 79.3 Å². The molecule has 0 atom stereocenters. The molecule has 2 aliphatic rings. The molecule has 1 amide bonds. The Kier molecular flexibility index (Phi) is 10.9. The zero-order valence-electron chi connectivity index (χ0n) is 26.6. The number of nitrogens with zero attached hydrogens (tertiary/aromatic N) is 2. The van der Waals surface area contributed by atoms with Crippen LogP contribution in [0.1, 0.15) is 78.7 Å². The molecule has 2 N–H and O–H groups in total. The number of H-pyrrole nitrogens is 1. The lowest BCUT2D eigenvalue weighted by Crippen LogP contribution is -2.45. The number of fused-ring (bicyclic) bond motifs is 3. The van der Waals surface area contributed by atoms with Gasteiger partial charge in [-0.2, -0.15) is 8.78 Å². The summed E-state index contributed by atoms with van der Waals surface area (Å²) in [5.41, 5.74) is 6.41. The predicted molar refractivity (Wildman–Crippen MR) is 177 cm³/mol. The van der Waals surface area contributed by atoms with Crippen LogP contribution >= 0.6 is 0 Å². The van der Waals surface area contributed by atoms with E-state index in [9.17, 15) is 13.6 Å². The minimum atomic E-state index is -2.96. The third-order valence-electron chi connectivity index (χ3n) is 8.97. The van der Waals surface area contributed by atoms with Gasteiger partial charge in [-0.15, -0.1) is 0 Å². The summed E-state index contributed by atoms with van der Waals surface area (Å²) in [7, 11) is 0. The Labute approximate surface area is 265 Å². The van der Waals surface area contributed by atoms with Crippen molar-refractivity contribution in [2.75, 3.05) is 26.2 Å². The molecule has 0 spiro atoms. The van der Waals surface area contributed by atoms with E-state index >= 15 is 0 Å². The molecule has 6 nitrogen and oxygen atoms in total. The number of amides is 1. The maximum Gasteiger partial charge on any atom is 0.291 e. The molecule has 5 rings (SSSR count). The van der Waals surface area contributed by atoms with Gasteiger partial charge in [0.15, 0.2) is 0 Å². The maximum atomic E-state index is 14.2. The molecule has 0 bridgehead atoms. The maximum absolute atomic E-state index is 14.2. The summed E-state index contributed by atoms with van der Waals surface area (Å²) in [5, 5.41) is 4.36.